The predicted octanol–water partition coefficient (Wildman–Crippen LogP) is 4.39. The normalized spacial score (nSPS) is 43.8. The van der Waals surface area contributed by atoms with Gasteiger partial charge in [0.1, 0.15) is 18.0 Å². The maximum absolute atomic E-state index is 14.4. The number of fused-ring (bicyclic) bond motifs is 5. The summed E-state index contributed by atoms with van der Waals surface area (Å²) in [6.07, 6.45) is 0.161. The monoisotopic (exact) mass is 588 g/mol. The Balaban J connectivity index is 1.95. The van der Waals surface area contributed by atoms with Crippen molar-refractivity contribution in [2.24, 2.45) is 39.9 Å². The van der Waals surface area contributed by atoms with Gasteiger partial charge in [0.05, 0.1) is 12.2 Å². The Hall–Kier alpha value is -2.52. The van der Waals surface area contributed by atoms with Crippen LogP contribution < -0.4 is 0 Å². The molecule has 0 heterocycles. The van der Waals surface area contributed by atoms with Gasteiger partial charge in [0.25, 0.3) is 0 Å². The van der Waals surface area contributed by atoms with E-state index < -0.39 is 76.3 Å². The summed E-state index contributed by atoms with van der Waals surface area (Å²) in [6, 6.07) is 0. The highest BCUT2D eigenvalue weighted by atomic mass is 16.6. The molecule has 234 valence electrons. The number of allylic oxidation sites excluding steroid dienone is 2. The van der Waals surface area contributed by atoms with Gasteiger partial charge in [0.15, 0.2) is 0 Å². The third kappa shape index (κ3) is 4.84. The van der Waals surface area contributed by atoms with Crippen LogP contribution in [-0.2, 0) is 28.7 Å². The van der Waals surface area contributed by atoms with Crippen LogP contribution in [0.15, 0.2) is 22.8 Å². The SMILES string of the molecule is CC(=O)O[C@@H]1[C@@H]2[C@H](C)[C@H](O)CC[C@]2(C)[C@@H]2C(=O)C[C@H]3/C(=C(\CCC=C(C)C)C(=O)O)[C@@H](OC(C)=O)C[C@]3(C)[C@@]2(C)[C@H]1O. The van der Waals surface area contributed by atoms with Gasteiger partial charge in [-0.1, -0.05) is 39.3 Å². The molecule has 0 bridgehead atoms. The average molecular weight is 589 g/mol. The number of ether oxygens (including phenoxy) is 2. The van der Waals surface area contributed by atoms with Crippen molar-refractivity contribution < 1.29 is 44.0 Å². The molecule has 42 heavy (non-hydrogen) atoms. The molecule has 0 aromatic heterocycles. The second-order valence-corrected chi connectivity index (χ2v) is 14.2. The Bertz CT molecular complexity index is 1210. The Morgan fingerprint density at radius 2 is 1.64 bits per heavy atom. The lowest BCUT2D eigenvalue weighted by Gasteiger charge is -2.69. The first kappa shape index (κ1) is 32.4. The first-order chi connectivity index (χ1) is 19.4. The van der Waals surface area contributed by atoms with Crippen molar-refractivity contribution in [3.8, 4) is 0 Å². The maximum Gasteiger partial charge on any atom is 0.331 e. The van der Waals surface area contributed by atoms with E-state index in [-0.39, 0.29) is 36.5 Å². The standard InChI is InChI=1S/C33H48O9/c1-16(2)10-9-11-20(30(39)40)25-21-14-23(37)28-31(6)13-12-22(36)17(3)26(31)27(42-19(5)35)29(38)33(28,8)32(21,7)15-24(25)41-18(4)34/h10,17,21-22,24,26-29,36,38H,9,11-15H2,1-8H3,(H,39,40)/b25-20-/t17-,21+,22-,24+,26+,27-,28+,29+,31+,32+,33-/m1/s1. The van der Waals surface area contributed by atoms with Gasteiger partial charge in [0.2, 0.25) is 0 Å². The van der Waals surface area contributed by atoms with Crippen LogP contribution in [0.3, 0.4) is 0 Å². The van der Waals surface area contributed by atoms with Crippen LogP contribution in [0.4, 0.5) is 0 Å². The zero-order valence-corrected chi connectivity index (χ0v) is 26.2. The summed E-state index contributed by atoms with van der Waals surface area (Å²) in [5.74, 6) is -4.31. The van der Waals surface area contributed by atoms with E-state index in [1.54, 1.807) is 0 Å². The highest BCUT2D eigenvalue weighted by Crippen LogP contribution is 2.74. The molecule has 0 radical (unpaired) electrons. The van der Waals surface area contributed by atoms with Crippen LogP contribution >= 0.6 is 0 Å². The summed E-state index contributed by atoms with van der Waals surface area (Å²) in [4.78, 5) is 51.9. The molecule has 4 saturated carbocycles. The van der Waals surface area contributed by atoms with Gasteiger partial charge in [-0.25, -0.2) is 4.79 Å². The highest BCUT2D eigenvalue weighted by Gasteiger charge is 2.76. The third-order valence-corrected chi connectivity index (χ3v) is 11.7. The number of hydrogen-bond donors (Lipinski definition) is 3. The van der Waals surface area contributed by atoms with Crippen LogP contribution in [0.2, 0.25) is 0 Å². The molecule has 9 heteroatoms. The van der Waals surface area contributed by atoms with Gasteiger partial charge in [0, 0.05) is 43.1 Å². The van der Waals surface area contributed by atoms with Crippen molar-refractivity contribution in [2.75, 3.05) is 0 Å². The number of carbonyl (C=O) groups excluding carboxylic acids is 3. The van der Waals surface area contributed by atoms with Crippen molar-refractivity contribution in [1.29, 1.82) is 0 Å². The molecule has 0 aromatic carbocycles. The molecule has 11 atom stereocenters. The van der Waals surface area contributed by atoms with E-state index in [4.69, 9.17) is 9.47 Å². The molecule has 0 aliphatic heterocycles. The number of carboxylic acids is 1. The van der Waals surface area contributed by atoms with E-state index >= 15 is 0 Å². The minimum atomic E-state index is -1.27. The molecule has 4 aliphatic rings. The summed E-state index contributed by atoms with van der Waals surface area (Å²) in [5.41, 5.74) is -1.07. The fraction of sp³-hybridized carbons (Fsp3) is 0.758. The quantitative estimate of drug-likeness (QED) is 0.233. The first-order valence-corrected chi connectivity index (χ1v) is 15.2. The summed E-state index contributed by atoms with van der Waals surface area (Å²) in [6.45, 7) is 14.2. The lowest BCUT2D eigenvalue weighted by atomic mass is 9.35. The number of aliphatic hydroxyl groups is 2. The van der Waals surface area contributed by atoms with E-state index in [1.807, 2.05) is 47.6 Å². The Morgan fingerprint density at radius 1 is 1.02 bits per heavy atom. The zero-order chi connectivity index (χ0) is 31.5. The molecular weight excluding hydrogens is 540 g/mol. The molecule has 0 saturated heterocycles. The number of Topliss-reactive ketones (excluding diaryl/α,β-unsaturated/α-hetero) is 1. The topological polar surface area (TPSA) is 147 Å². The van der Waals surface area contributed by atoms with Crippen LogP contribution in [0.25, 0.3) is 0 Å². The fourth-order valence-electron chi connectivity index (χ4n) is 9.88. The van der Waals surface area contributed by atoms with Crippen LogP contribution in [0.1, 0.15) is 93.9 Å². The number of hydrogen-bond acceptors (Lipinski definition) is 8. The summed E-state index contributed by atoms with van der Waals surface area (Å²) >= 11 is 0. The largest absolute Gasteiger partial charge is 0.478 e. The molecule has 3 N–H and O–H groups in total. The Kier molecular flexibility index (Phi) is 8.64. The molecule has 0 unspecified atom stereocenters. The molecular formula is C33H48O9. The van der Waals surface area contributed by atoms with Gasteiger partial charge in [-0.05, 0) is 74.2 Å². The Labute approximate surface area is 248 Å². The van der Waals surface area contributed by atoms with Gasteiger partial charge in [-0.3, -0.25) is 14.4 Å². The van der Waals surface area contributed by atoms with Crippen molar-refractivity contribution in [2.45, 2.75) is 118 Å². The van der Waals surface area contributed by atoms with Crippen molar-refractivity contribution in [1.82, 2.24) is 0 Å². The Morgan fingerprint density at radius 3 is 2.19 bits per heavy atom. The number of rotatable bonds is 6. The maximum atomic E-state index is 14.4. The minimum absolute atomic E-state index is 0.0630. The average Bonchev–Trinajstić information content (AvgIpc) is 3.13. The number of esters is 2. The van der Waals surface area contributed by atoms with Crippen molar-refractivity contribution in [3.63, 3.8) is 0 Å². The summed E-state index contributed by atoms with van der Waals surface area (Å²) in [7, 11) is 0. The number of carbonyl (C=O) groups is 4. The molecule has 9 nitrogen and oxygen atoms in total. The van der Waals surface area contributed by atoms with Gasteiger partial charge < -0.3 is 24.8 Å². The number of ketones is 1. The van der Waals surface area contributed by atoms with Crippen LogP contribution in [-0.4, -0.2) is 63.4 Å². The summed E-state index contributed by atoms with van der Waals surface area (Å²) in [5, 5.41) is 33.5. The smallest absolute Gasteiger partial charge is 0.331 e. The molecule has 4 fully saturated rings. The predicted molar refractivity (Wildman–Crippen MR) is 154 cm³/mol. The lowest BCUT2D eigenvalue weighted by Crippen LogP contribution is -2.74. The second-order valence-electron chi connectivity index (χ2n) is 14.2. The third-order valence-electron chi connectivity index (χ3n) is 11.7. The molecule has 0 aromatic rings. The lowest BCUT2D eigenvalue weighted by molar-refractivity contribution is -0.277. The molecule has 4 rings (SSSR count). The van der Waals surface area contributed by atoms with E-state index in [0.717, 1.165) is 5.57 Å². The highest BCUT2D eigenvalue weighted by molar-refractivity contribution is 5.90. The zero-order valence-electron chi connectivity index (χ0n) is 26.2. The summed E-state index contributed by atoms with van der Waals surface area (Å²) < 4.78 is 11.7. The number of carboxylic acid groups (broad SMARTS) is 1. The number of aliphatic carboxylic acids is 1. The van der Waals surface area contributed by atoms with E-state index in [0.29, 0.717) is 24.8 Å². The van der Waals surface area contributed by atoms with Crippen molar-refractivity contribution >= 4 is 23.7 Å². The minimum Gasteiger partial charge on any atom is -0.478 e. The molecule has 0 spiro atoms. The van der Waals surface area contributed by atoms with Gasteiger partial charge >= 0.3 is 17.9 Å². The van der Waals surface area contributed by atoms with Crippen molar-refractivity contribution in [3.05, 3.63) is 22.8 Å². The van der Waals surface area contributed by atoms with E-state index in [2.05, 4.69) is 0 Å². The fourth-order valence-corrected chi connectivity index (χ4v) is 9.88. The van der Waals surface area contributed by atoms with Gasteiger partial charge in [-0.15, -0.1) is 0 Å². The molecule has 4 aliphatic carbocycles. The van der Waals surface area contributed by atoms with E-state index in [1.165, 1.54) is 13.8 Å². The second kappa shape index (κ2) is 11.2. The number of aliphatic hydroxyl groups excluding tert-OH is 2. The molecule has 0 amide bonds. The van der Waals surface area contributed by atoms with Crippen LogP contribution in [0.5, 0.6) is 0 Å². The van der Waals surface area contributed by atoms with Gasteiger partial charge in [-0.2, -0.15) is 0 Å². The first-order valence-electron chi connectivity index (χ1n) is 15.2. The van der Waals surface area contributed by atoms with Crippen LogP contribution in [0, 0.1) is 39.9 Å². The van der Waals surface area contributed by atoms with E-state index in [9.17, 15) is 34.5 Å².